The van der Waals surface area contributed by atoms with Gasteiger partial charge in [0.1, 0.15) is 42.2 Å². The maximum Gasteiger partial charge on any atom is 0.335 e. The lowest BCUT2D eigenvalue weighted by molar-refractivity contribution is -0.271. The lowest BCUT2D eigenvalue weighted by Crippen LogP contribution is -2.61. The fraction of sp³-hybridized carbons (Fsp3) is 0.350. The Morgan fingerprint density at radius 2 is 2.00 bits per heavy atom. The van der Waals surface area contributed by atoms with Gasteiger partial charge in [-0.25, -0.2) is 9.18 Å². The first-order valence-electron chi connectivity index (χ1n) is 8.60. The van der Waals surface area contributed by atoms with Crippen molar-refractivity contribution >= 4 is 11.5 Å². The van der Waals surface area contributed by atoms with Crippen molar-refractivity contribution in [1.82, 2.24) is 0 Å². The van der Waals surface area contributed by atoms with Gasteiger partial charge in [0.2, 0.25) is 6.29 Å². The molecule has 0 aromatic heterocycles. The lowest BCUT2D eigenvalue weighted by Gasteiger charge is -2.38. The number of carboxylic acid groups (broad SMARTS) is 1. The molecule has 2 aliphatic heterocycles. The summed E-state index contributed by atoms with van der Waals surface area (Å²) in [7, 11) is 0. The number of hydrogen-bond acceptors (Lipinski definition) is 7. The second-order valence-electron chi connectivity index (χ2n) is 6.52. The number of fused-ring (bicyclic) bond motifs is 1. The normalized spacial score (nSPS) is 28.6. The topological polar surface area (TPSA) is 126 Å². The minimum Gasteiger partial charge on any atom is -0.479 e. The van der Waals surface area contributed by atoms with Crippen LogP contribution in [-0.4, -0.2) is 57.1 Å². The molecule has 5 atom stereocenters. The molecular formula is C20H19FO8. The Balaban J connectivity index is 1.95. The summed E-state index contributed by atoms with van der Waals surface area (Å²) < 4.78 is 30.0. The molecule has 0 bridgehead atoms. The van der Waals surface area contributed by atoms with Gasteiger partial charge in [-0.3, -0.25) is 0 Å². The zero-order valence-corrected chi connectivity index (χ0v) is 15.1. The number of terminal acetylenes is 1. The first-order chi connectivity index (χ1) is 13.8. The maximum atomic E-state index is 13.9. The predicted octanol–water partition coefficient (Wildman–Crippen LogP) is 0.740. The molecule has 29 heavy (non-hydrogen) atoms. The van der Waals surface area contributed by atoms with Crippen LogP contribution in [0.25, 0.3) is 5.57 Å². The standard InChI is InChI=1S/C20H19FO8/c1-3-4-10-7-9(2)27-17-11(10)5-6-13(12(17)8-21)28-20-16(24)14(22)15(23)18(29-20)19(25)26/h1,5-7,14-16,18,20,22-24H,2,4,8H2,(H,25,26). The van der Waals surface area contributed by atoms with Crippen LogP contribution < -0.4 is 9.47 Å². The molecule has 0 radical (unpaired) electrons. The Hall–Kier alpha value is -2.90. The van der Waals surface area contributed by atoms with Crippen LogP contribution in [0, 0.1) is 12.3 Å². The van der Waals surface area contributed by atoms with Crippen LogP contribution in [-0.2, 0) is 16.2 Å². The average Bonchev–Trinajstić information content (AvgIpc) is 2.67. The van der Waals surface area contributed by atoms with E-state index < -0.39 is 43.3 Å². The molecule has 8 nitrogen and oxygen atoms in total. The molecule has 0 spiro atoms. The third kappa shape index (κ3) is 3.83. The van der Waals surface area contributed by atoms with Crippen LogP contribution in [0.2, 0.25) is 0 Å². The van der Waals surface area contributed by atoms with E-state index in [0.717, 1.165) is 0 Å². The summed E-state index contributed by atoms with van der Waals surface area (Å²) in [5, 5.41) is 38.9. The molecule has 1 saturated heterocycles. The van der Waals surface area contributed by atoms with E-state index in [2.05, 4.69) is 12.5 Å². The van der Waals surface area contributed by atoms with E-state index in [-0.39, 0.29) is 29.2 Å². The summed E-state index contributed by atoms with van der Waals surface area (Å²) in [6.07, 6.45) is -1.75. The van der Waals surface area contributed by atoms with Crippen LogP contribution in [0.5, 0.6) is 11.5 Å². The van der Waals surface area contributed by atoms with Gasteiger partial charge in [-0.15, -0.1) is 12.3 Å². The third-order valence-corrected chi connectivity index (χ3v) is 4.61. The van der Waals surface area contributed by atoms with Crippen molar-refractivity contribution in [3.8, 4) is 23.8 Å². The van der Waals surface area contributed by atoms with Gasteiger partial charge in [-0.05, 0) is 23.8 Å². The highest BCUT2D eigenvalue weighted by atomic mass is 19.1. The third-order valence-electron chi connectivity index (χ3n) is 4.61. The quantitative estimate of drug-likeness (QED) is 0.528. The molecule has 9 heteroatoms. The second-order valence-corrected chi connectivity index (χ2v) is 6.52. The molecule has 154 valence electrons. The number of rotatable bonds is 5. The van der Waals surface area contributed by atoms with Crippen LogP contribution in [0.15, 0.2) is 30.5 Å². The average molecular weight is 406 g/mol. The molecule has 3 rings (SSSR count). The number of allylic oxidation sites excluding steroid dienone is 2. The van der Waals surface area contributed by atoms with Gasteiger partial charge >= 0.3 is 5.97 Å². The molecule has 0 saturated carbocycles. The number of benzene rings is 1. The highest BCUT2D eigenvalue weighted by Gasteiger charge is 2.48. The Kier molecular flexibility index (Phi) is 5.91. The Morgan fingerprint density at radius 3 is 2.62 bits per heavy atom. The van der Waals surface area contributed by atoms with Crippen LogP contribution >= 0.6 is 0 Å². The largest absolute Gasteiger partial charge is 0.479 e. The zero-order chi connectivity index (χ0) is 21.3. The Morgan fingerprint density at radius 1 is 1.28 bits per heavy atom. The van der Waals surface area contributed by atoms with Crippen molar-refractivity contribution in [1.29, 1.82) is 0 Å². The van der Waals surface area contributed by atoms with Gasteiger partial charge in [0.15, 0.2) is 6.10 Å². The molecular weight excluding hydrogens is 387 g/mol. The smallest absolute Gasteiger partial charge is 0.335 e. The maximum absolute atomic E-state index is 13.9. The van der Waals surface area contributed by atoms with Gasteiger partial charge in [-0.2, -0.15) is 0 Å². The number of hydrogen-bond donors (Lipinski definition) is 4. The molecule has 2 aliphatic rings. The van der Waals surface area contributed by atoms with Crippen LogP contribution in [0.1, 0.15) is 17.5 Å². The molecule has 4 N–H and O–H groups in total. The number of halogens is 1. The van der Waals surface area contributed by atoms with Gasteiger partial charge < -0.3 is 34.6 Å². The number of ether oxygens (including phenoxy) is 3. The Labute approximate surface area is 165 Å². The molecule has 0 aliphatic carbocycles. The van der Waals surface area contributed by atoms with E-state index in [9.17, 15) is 24.5 Å². The van der Waals surface area contributed by atoms with Crippen molar-refractivity contribution in [2.75, 3.05) is 0 Å². The van der Waals surface area contributed by atoms with E-state index in [0.29, 0.717) is 11.1 Å². The molecule has 1 aromatic carbocycles. The molecule has 1 aromatic rings. The minimum atomic E-state index is -1.87. The van der Waals surface area contributed by atoms with Crippen molar-refractivity contribution in [3.63, 3.8) is 0 Å². The van der Waals surface area contributed by atoms with Crippen molar-refractivity contribution in [3.05, 3.63) is 41.7 Å². The minimum absolute atomic E-state index is 0.0328. The second kappa shape index (κ2) is 8.23. The summed E-state index contributed by atoms with van der Waals surface area (Å²) in [5.74, 6) is 1.21. The van der Waals surface area contributed by atoms with Crippen LogP contribution in [0.3, 0.4) is 0 Å². The number of carbonyl (C=O) groups is 1. The zero-order valence-electron chi connectivity index (χ0n) is 15.1. The highest BCUT2D eigenvalue weighted by Crippen LogP contribution is 2.42. The Bertz CT molecular complexity index is 902. The highest BCUT2D eigenvalue weighted by molar-refractivity contribution is 5.78. The summed E-state index contributed by atoms with van der Waals surface area (Å²) in [4.78, 5) is 11.2. The van der Waals surface area contributed by atoms with Gasteiger partial charge in [0.25, 0.3) is 0 Å². The number of aliphatic hydroxyl groups excluding tert-OH is 3. The predicted molar refractivity (Wildman–Crippen MR) is 97.4 cm³/mol. The van der Waals surface area contributed by atoms with E-state index in [1.165, 1.54) is 6.07 Å². The van der Waals surface area contributed by atoms with Crippen molar-refractivity contribution < 1.29 is 43.8 Å². The van der Waals surface area contributed by atoms with Gasteiger partial charge in [0.05, 0.1) is 5.56 Å². The van der Waals surface area contributed by atoms with Gasteiger partial charge in [-0.1, -0.05) is 6.58 Å². The van der Waals surface area contributed by atoms with E-state index in [1.807, 2.05) is 0 Å². The SMILES string of the molecule is C#CCC1=CC(=C)Oc2c1ccc(OC1OC(C(=O)O)C(O)C(O)C1O)c2CF. The van der Waals surface area contributed by atoms with Gasteiger partial charge in [0, 0.05) is 12.0 Å². The number of aliphatic hydroxyl groups is 3. The summed E-state index contributed by atoms with van der Waals surface area (Å²) in [6.45, 7) is 2.68. The van der Waals surface area contributed by atoms with Crippen molar-refractivity contribution in [2.24, 2.45) is 0 Å². The summed E-state index contributed by atoms with van der Waals surface area (Å²) in [6, 6.07) is 2.95. The van der Waals surface area contributed by atoms with Crippen molar-refractivity contribution in [2.45, 2.75) is 43.8 Å². The molecule has 0 amide bonds. The lowest BCUT2D eigenvalue weighted by atomic mass is 9.96. The first-order valence-corrected chi connectivity index (χ1v) is 8.60. The number of carboxylic acids is 1. The van der Waals surface area contributed by atoms with E-state index in [1.54, 1.807) is 12.1 Å². The monoisotopic (exact) mass is 406 g/mol. The summed E-state index contributed by atoms with van der Waals surface area (Å²) >= 11 is 0. The first kappa shape index (κ1) is 20.8. The number of alkyl halides is 1. The fourth-order valence-corrected chi connectivity index (χ4v) is 3.18. The summed E-state index contributed by atoms with van der Waals surface area (Å²) in [5.41, 5.74) is 1.20. The number of aliphatic carboxylic acids is 1. The molecule has 1 fully saturated rings. The fourth-order valence-electron chi connectivity index (χ4n) is 3.18. The van der Waals surface area contributed by atoms with E-state index in [4.69, 9.17) is 25.7 Å². The van der Waals surface area contributed by atoms with Crippen LogP contribution in [0.4, 0.5) is 4.39 Å². The molecule has 5 unspecified atom stereocenters. The molecule has 2 heterocycles. The van der Waals surface area contributed by atoms with E-state index >= 15 is 0 Å².